The van der Waals surface area contributed by atoms with Crippen molar-refractivity contribution in [3.05, 3.63) is 29.8 Å². The van der Waals surface area contributed by atoms with Crippen molar-refractivity contribution < 1.29 is 8.42 Å². The lowest BCUT2D eigenvalue weighted by molar-refractivity contribution is 0.414. The third-order valence-electron chi connectivity index (χ3n) is 3.03. The van der Waals surface area contributed by atoms with Gasteiger partial charge in [0.05, 0.1) is 16.5 Å². The van der Waals surface area contributed by atoms with E-state index in [0.717, 1.165) is 0 Å². The van der Waals surface area contributed by atoms with Gasteiger partial charge in [0.15, 0.2) is 0 Å². The van der Waals surface area contributed by atoms with Crippen molar-refractivity contribution in [1.82, 2.24) is 4.72 Å². The van der Waals surface area contributed by atoms with Crippen molar-refractivity contribution in [2.24, 2.45) is 11.8 Å². The van der Waals surface area contributed by atoms with E-state index in [-0.39, 0.29) is 10.8 Å². The molecule has 1 rings (SSSR count). The minimum atomic E-state index is -3.47. The summed E-state index contributed by atoms with van der Waals surface area (Å²) < 4.78 is 26.5. The van der Waals surface area contributed by atoms with Crippen molar-refractivity contribution in [1.29, 1.82) is 5.26 Å². The molecule has 1 unspecified atom stereocenters. The number of nitriles is 1. The fourth-order valence-corrected chi connectivity index (χ4v) is 2.41. The Morgan fingerprint density at radius 3 is 2.22 bits per heavy atom. The fourth-order valence-electron chi connectivity index (χ4n) is 1.27. The van der Waals surface area contributed by atoms with E-state index < -0.39 is 10.0 Å². The highest BCUT2D eigenvalue weighted by Gasteiger charge is 2.16. The number of hydrogen-bond acceptors (Lipinski definition) is 3. The van der Waals surface area contributed by atoms with Gasteiger partial charge in [-0.05, 0) is 36.1 Å². The first-order valence-corrected chi connectivity index (χ1v) is 7.35. The van der Waals surface area contributed by atoms with Crippen LogP contribution >= 0.6 is 0 Å². The van der Waals surface area contributed by atoms with E-state index in [0.29, 0.717) is 18.0 Å². The average molecular weight is 266 g/mol. The second kappa shape index (κ2) is 5.98. The van der Waals surface area contributed by atoms with Gasteiger partial charge in [0.2, 0.25) is 10.0 Å². The van der Waals surface area contributed by atoms with Crippen LogP contribution < -0.4 is 4.72 Å². The molecule has 1 atom stereocenters. The Morgan fingerprint density at radius 2 is 1.78 bits per heavy atom. The lowest BCUT2D eigenvalue weighted by Crippen LogP contribution is -2.30. The molecule has 0 spiro atoms. The van der Waals surface area contributed by atoms with Crippen molar-refractivity contribution in [3.63, 3.8) is 0 Å². The molecule has 1 N–H and O–H groups in total. The Morgan fingerprint density at radius 1 is 1.22 bits per heavy atom. The number of hydrogen-bond donors (Lipinski definition) is 1. The Labute approximate surface area is 109 Å². The van der Waals surface area contributed by atoms with Crippen molar-refractivity contribution >= 4 is 10.0 Å². The van der Waals surface area contributed by atoms with Crippen LogP contribution in [-0.2, 0) is 10.0 Å². The predicted molar refractivity (Wildman–Crippen MR) is 70.3 cm³/mol. The molecule has 0 saturated carbocycles. The maximum Gasteiger partial charge on any atom is 0.240 e. The molecule has 0 fully saturated rings. The maximum absolute atomic E-state index is 12.0. The summed E-state index contributed by atoms with van der Waals surface area (Å²) in [5.74, 6) is 0.701. The number of sulfonamides is 1. The monoisotopic (exact) mass is 266 g/mol. The fraction of sp³-hybridized carbons (Fsp3) is 0.462. The minimum Gasteiger partial charge on any atom is -0.211 e. The molecular weight excluding hydrogens is 248 g/mol. The van der Waals surface area contributed by atoms with Crippen LogP contribution in [0.4, 0.5) is 0 Å². The van der Waals surface area contributed by atoms with E-state index in [1.807, 2.05) is 13.0 Å². The van der Waals surface area contributed by atoms with Crippen LogP contribution in [-0.4, -0.2) is 15.0 Å². The molecule has 98 valence electrons. The summed E-state index contributed by atoms with van der Waals surface area (Å²) in [7, 11) is -3.47. The van der Waals surface area contributed by atoms with Crippen molar-refractivity contribution in [2.75, 3.05) is 6.54 Å². The summed E-state index contributed by atoms with van der Waals surface area (Å²) in [4.78, 5) is 0.192. The van der Waals surface area contributed by atoms with Crippen LogP contribution in [0.5, 0.6) is 0 Å². The highest BCUT2D eigenvalue weighted by Crippen LogP contribution is 2.12. The maximum atomic E-state index is 12.0. The second-order valence-corrected chi connectivity index (χ2v) is 6.48. The molecule has 0 radical (unpaired) electrons. The van der Waals surface area contributed by atoms with Gasteiger partial charge >= 0.3 is 0 Å². The molecule has 0 heterocycles. The Kier molecular flexibility index (Phi) is 4.88. The first kappa shape index (κ1) is 14.7. The highest BCUT2D eigenvalue weighted by molar-refractivity contribution is 7.89. The Hall–Kier alpha value is -1.38. The van der Waals surface area contributed by atoms with Gasteiger partial charge in [0, 0.05) is 6.54 Å². The summed E-state index contributed by atoms with van der Waals surface area (Å²) in [6, 6.07) is 7.85. The van der Waals surface area contributed by atoms with E-state index in [2.05, 4.69) is 18.6 Å². The summed E-state index contributed by atoms with van der Waals surface area (Å²) in [6.07, 6.45) is 0. The zero-order valence-corrected chi connectivity index (χ0v) is 11.7. The van der Waals surface area contributed by atoms with Crippen LogP contribution in [0.2, 0.25) is 0 Å². The van der Waals surface area contributed by atoms with E-state index in [9.17, 15) is 8.42 Å². The van der Waals surface area contributed by atoms with Crippen LogP contribution in [0.25, 0.3) is 0 Å². The van der Waals surface area contributed by atoms with Gasteiger partial charge in [-0.2, -0.15) is 5.26 Å². The molecule has 0 amide bonds. The SMILES string of the molecule is CC(C)C(C)CNS(=O)(=O)c1ccc(C#N)cc1. The molecule has 0 saturated heterocycles. The minimum absolute atomic E-state index is 0.192. The number of benzene rings is 1. The van der Waals surface area contributed by atoms with Crippen LogP contribution in [0, 0.1) is 23.2 Å². The normalized spacial score (nSPS) is 13.3. The average Bonchev–Trinajstić information content (AvgIpc) is 2.36. The largest absolute Gasteiger partial charge is 0.240 e. The lowest BCUT2D eigenvalue weighted by Gasteiger charge is -2.16. The van der Waals surface area contributed by atoms with Gasteiger partial charge in [-0.25, -0.2) is 13.1 Å². The van der Waals surface area contributed by atoms with E-state index in [1.54, 1.807) is 0 Å². The molecule has 0 aliphatic rings. The molecule has 0 aliphatic carbocycles. The van der Waals surface area contributed by atoms with E-state index >= 15 is 0 Å². The molecule has 0 aliphatic heterocycles. The van der Waals surface area contributed by atoms with Gasteiger partial charge < -0.3 is 0 Å². The standard InChI is InChI=1S/C13H18N2O2S/c1-10(2)11(3)9-15-18(16,17)13-6-4-12(8-14)5-7-13/h4-7,10-11,15H,9H2,1-3H3. The summed E-state index contributed by atoms with van der Waals surface area (Å²) in [5.41, 5.74) is 0.449. The molecule has 5 heteroatoms. The molecule has 0 bridgehead atoms. The topological polar surface area (TPSA) is 70.0 Å². The Bertz CT molecular complexity index is 527. The van der Waals surface area contributed by atoms with Gasteiger partial charge in [-0.3, -0.25) is 0 Å². The lowest BCUT2D eigenvalue weighted by atomic mass is 9.99. The van der Waals surface area contributed by atoms with Gasteiger partial charge in [-0.15, -0.1) is 0 Å². The number of rotatable bonds is 5. The van der Waals surface area contributed by atoms with Crippen LogP contribution in [0.1, 0.15) is 26.3 Å². The van der Waals surface area contributed by atoms with E-state index in [4.69, 9.17) is 5.26 Å². The predicted octanol–water partition coefficient (Wildman–Crippen LogP) is 2.13. The van der Waals surface area contributed by atoms with Crippen molar-refractivity contribution in [2.45, 2.75) is 25.7 Å². The van der Waals surface area contributed by atoms with Crippen LogP contribution in [0.15, 0.2) is 29.2 Å². The number of nitrogens with one attached hydrogen (secondary N) is 1. The smallest absolute Gasteiger partial charge is 0.211 e. The zero-order chi connectivity index (χ0) is 13.8. The third-order valence-corrected chi connectivity index (χ3v) is 4.47. The highest BCUT2D eigenvalue weighted by atomic mass is 32.2. The van der Waals surface area contributed by atoms with Crippen LogP contribution in [0.3, 0.4) is 0 Å². The second-order valence-electron chi connectivity index (χ2n) is 4.71. The number of nitrogens with zero attached hydrogens (tertiary/aromatic N) is 1. The molecule has 0 aromatic heterocycles. The molecule has 18 heavy (non-hydrogen) atoms. The summed E-state index contributed by atoms with van der Waals surface area (Å²) >= 11 is 0. The Balaban J connectivity index is 2.77. The van der Waals surface area contributed by atoms with Gasteiger partial charge in [-0.1, -0.05) is 20.8 Å². The first-order valence-electron chi connectivity index (χ1n) is 5.86. The molecule has 4 nitrogen and oxygen atoms in total. The quantitative estimate of drug-likeness (QED) is 0.887. The first-order chi connectivity index (χ1) is 8.36. The third kappa shape index (κ3) is 3.83. The zero-order valence-electron chi connectivity index (χ0n) is 10.8. The summed E-state index contributed by atoms with van der Waals surface area (Å²) in [6.45, 7) is 6.54. The van der Waals surface area contributed by atoms with Gasteiger partial charge in [0.25, 0.3) is 0 Å². The van der Waals surface area contributed by atoms with Gasteiger partial charge in [0.1, 0.15) is 0 Å². The molecule has 1 aromatic carbocycles. The molecular formula is C13H18N2O2S. The summed E-state index contributed by atoms with van der Waals surface area (Å²) in [5, 5.41) is 8.65. The van der Waals surface area contributed by atoms with E-state index in [1.165, 1.54) is 24.3 Å². The van der Waals surface area contributed by atoms with Crippen molar-refractivity contribution in [3.8, 4) is 6.07 Å². The molecule has 1 aromatic rings.